The number of benzene rings is 2. The molecule has 2 rings (SSSR count). The first-order chi connectivity index (χ1) is 13.7. The number of rotatable bonds is 10. The van der Waals surface area contributed by atoms with E-state index in [9.17, 15) is 13.2 Å². The van der Waals surface area contributed by atoms with Crippen LogP contribution >= 0.6 is 0 Å². The van der Waals surface area contributed by atoms with Gasteiger partial charge in [-0.3, -0.25) is 4.79 Å². The van der Waals surface area contributed by atoms with Crippen molar-refractivity contribution in [2.75, 3.05) is 26.9 Å². The van der Waals surface area contributed by atoms with Gasteiger partial charge < -0.3 is 14.8 Å². The standard InChI is InChI=1S/C21H28N2O5S/c1-15-5-10-20(16(2)13-15)28-12-11-22-21(24)18-6-8-19(9-7-18)29(25,26)23-17(3)14-27-4/h5-10,13,17,23H,11-12,14H2,1-4H3,(H,22,24)/t17-/m0/s1. The molecular formula is C21H28N2O5S. The molecule has 0 saturated carbocycles. The molecule has 7 nitrogen and oxygen atoms in total. The fourth-order valence-corrected chi connectivity index (χ4v) is 4.02. The van der Waals surface area contributed by atoms with Gasteiger partial charge in [0.25, 0.3) is 5.91 Å². The Labute approximate surface area is 172 Å². The molecule has 0 saturated heterocycles. The third-order valence-electron chi connectivity index (χ3n) is 4.18. The van der Waals surface area contributed by atoms with Crippen LogP contribution in [0.25, 0.3) is 0 Å². The summed E-state index contributed by atoms with van der Waals surface area (Å²) in [4.78, 5) is 12.3. The first kappa shape index (κ1) is 22.9. The quantitative estimate of drug-likeness (QED) is 0.576. The Kier molecular flexibility index (Phi) is 8.19. The van der Waals surface area contributed by atoms with Crippen LogP contribution in [0.2, 0.25) is 0 Å². The summed E-state index contributed by atoms with van der Waals surface area (Å²) in [5.41, 5.74) is 2.58. The van der Waals surface area contributed by atoms with E-state index in [2.05, 4.69) is 10.0 Å². The van der Waals surface area contributed by atoms with E-state index in [-0.39, 0.29) is 23.5 Å². The molecule has 0 spiro atoms. The molecule has 2 aromatic carbocycles. The number of hydrogen-bond acceptors (Lipinski definition) is 5. The first-order valence-corrected chi connectivity index (χ1v) is 10.8. The highest BCUT2D eigenvalue weighted by atomic mass is 32.2. The number of carbonyl (C=O) groups excluding carboxylic acids is 1. The number of ether oxygens (including phenoxy) is 2. The molecule has 0 heterocycles. The van der Waals surface area contributed by atoms with E-state index in [0.29, 0.717) is 18.7 Å². The molecule has 0 fully saturated rings. The second-order valence-electron chi connectivity index (χ2n) is 6.88. The number of methoxy groups -OCH3 is 1. The van der Waals surface area contributed by atoms with Gasteiger partial charge in [0.1, 0.15) is 12.4 Å². The number of aryl methyl sites for hydroxylation is 2. The summed E-state index contributed by atoms with van der Waals surface area (Å²) < 4.78 is 37.8. The van der Waals surface area contributed by atoms with Crippen LogP contribution in [-0.4, -0.2) is 47.2 Å². The average Bonchev–Trinajstić information content (AvgIpc) is 2.66. The van der Waals surface area contributed by atoms with Gasteiger partial charge in [0.2, 0.25) is 10.0 Å². The van der Waals surface area contributed by atoms with E-state index in [1.54, 1.807) is 6.92 Å². The van der Waals surface area contributed by atoms with Gasteiger partial charge >= 0.3 is 0 Å². The van der Waals surface area contributed by atoms with E-state index in [0.717, 1.165) is 16.9 Å². The fraction of sp³-hybridized carbons (Fsp3) is 0.381. The third-order valence-corrected chi connectivity index (χ3v) is 5.78. The SMILES string of the molecule is COC[C@H](C)NS(=O)(=O)c1ccc(C(=O)NCCOc2ccc(C)cc2C)cc1. The number of carbonyl (C=O) groups is 1. The highest BCUT2D eigenvalue weighted by Crippen LogP contribution is 2.18. The Balaban J connectivity index is 1.86. The second kappa shape index (κ2) is 10.4. The van der Waals surface area contributed by atoms with E-state index in [4.69, 9.17) is 9.47 Å². The molecule has 0 aromatic heterocycles. The van der Waals surface area contributed by atoms with Crippen molar-refractivity contribution in [1.29, 1.82) is 0 Å². The van der Waals surface area contributed by atoms with Crippen molar-refractivity contribution in [2.24, 2.45) is 0 Å². The summed E-state index contributed by atoms with van der Waals surface area (Å²) in [5, 5.41) is 2.76. The third kappa shape index (κ3) is 6.85. The highest BCUT2D eigenvalue weighted by molar-refractivity contribution is 7.89. The maximum absolute atomic E-state index is 12.3. The molecule has 2 N–H and O–H groups in total. The monoisotopic (exact) mass is 420 g/mol. The lowest BCUT2D eigenvalue weighted by Crippen LogP contribution is -2.35. The van der Waals surface area contributed by atoms with Crippen LogP contribution in [-0.2, 0) is 14.8 Å². The Morgan fingerprint density at radius 2 is 1.79 bits per heavy atom. The Morgan fingerprint density at radius 3 is 2.41 bits per heavy atom. The lowest BCUT2D eigenvalue weighted by molar-refractivity contribution is 0.0947. The molecule has 0 aliphatic carbocycles. The molecule has 0 aliphatic rings. The molecule has 0 radical (unpaired) electrons. The first-order valence-electron chi connectivity index (χ1n) is 9.32. The van der Waals surface area contributed by atoms with E-state index in [1.165, 1.54) is 31.4 Å². The Morgan fingerprint density at radius 1 is 1.10 bits per heavy atom. The van der Waals surface area contributed by atoms with Crippen molar-refractivity contribution in [3.8, 4) is 5.75 Å². The maximum Gasteiger partial charge on any atom is 0.251 e. The molecule has 29 heavy (non-hydrogen) atoms. The van der Waals surface area contributed by atoms with Crippen LogP contribution in [0.5, 0.6) is 5.75 Å². The Bertz CT molecular complexity index is 927. The predicted octanol–water partition coefficient (Wildman–Crippen LogP) is 2.43. The number of nitrogens with one attached hydrogen (secondary N) is 2. The largest absolute Gasteiger partial charge is 0.491 e. The minimum absolute atomic E-state index is 0.0928. The molecule has 1 amide bonds. The average molecular weight is 421 g/mol. The highest BCUT2D eigenvalue weighted by Gasteiger charge is 2.17. The number of sulfonamides is 1. The van der Waals surface area contributed by atoms with Crippen molar-refractivity contribution in [1.82, 2.24) is 10.0 Å². The van der Waals surface area contributed by atoms with Crippen molar-refractivity contribution >= 4 is 15.9 Å². The molecule has 2 aromatic rings. The normalized spacial score (nSPS) is 12.4. The molecule has 158 valence electrons. The van der Waals surface area contributed by atoms with Gasteiger partial charge in [-0.25, -0.2) is 13.1 Å². The minimum atomic E-state index is -3.66. The summed E-state index contributed by atoms with van der Waals surface area (Å²) >= 11 is 0. The fourth-order valence-electron chi connectivity index (χ4n) is 2.79. The van der Waals surface area contributed by atoms with Gasteiger partial charge in [-0.2, -0.15) is 0 Å². The molecule has 0 unspecified atom stereocenters. The van der Waals surface area contributed by atoms with Gasteiger partial charge in [0.05, 0.1) is 18.0 Å². The smallest absolute Gasteiger partial charge is 0.251 e. The Hall–Kier alpha value is -2.42. The van der Waals surface area contributed by atoms with Crippen LogP contribution in [0.4, 0.5) is 0 Å². The molecule has 0 aliphatic heterocycles. The van der Waals surface area contributed by atoms with E-state index >= 15 is 0 Å². The number of amides is 1. The molecule has 0 bridgehead atoms. The van der Waals surface area contributed by atoms with Crippen molar-refractivity contribution in [3.63, 3.8) is 0 Å². The van der Waals surface area contributed by atoms with Gasteiger partial charge in [0, 0.05) is 18.7 Å². The zero-order valence-electron chi connectivity index (χ0n) is 17.2. The summed E-state index contributed by atoms with van der Waals surface area (Å²) in [5.74, 6) is 0.494. The topological polar surface area (TPSA) is 93.7 Å². The summed E-state index contributed by atoms with van der Waals surface area (Å²) in [7, 11) is -2.16. The zero-order chi connectivity index (χ0) is 21.4. The number of hydrogen-bond donors (Lipinski definition) is 2. The minimum Gasteiger partial charge on any atom is -0.491 e. The lowest BCUT2D eigenvalue weighted by atomic mass is 10.1. The predicted molar refractivity (Wildman–Crippen MR) is 112 cm³/mol. The summed E-state index contributed by atoms with van der Waals surface area (Å²) in [6, 6.07) is 11.3. The van der Waals surface area contributed by atoms with Crippen molar-refractivity contribution in [3.05, 3.63) is 59.2 Å². The van der Waals surface area contributed by atoms with Gasteiger partial charge in [-0.15, -0.1) is 0 Å². The second-order valence-corrected chi connectivity index (χ2v) is 8.59. The van der Waals surface area contributed by atoms with E-state index in [1.807, 2.05) is 32.0 Å². The van der Waals surface area contributed by atoms with Gasteiger partial charge in [-0.05, 0) is 56.7 Å². The van der Waals surface area contributed by atoms with E-state index < -0.39 is 10.0 Å². The van der Waals surface area contributed by atoms with Crippen LogP contribution < -0.4 is 14.8 Å². The summed E-state index contributed by atoms with van der Waals surface area (Å²) in [6.07, 6.45) is 0. The molecular weight excluding hydrogens is 392 g/mol. The van der Waals surface area contributed by atoms with Gasteiger partial charge in [0.15, 0.2) is 0 Å². The lowest BCUT2D eigenvalue weighted by Gasteiger charge is -2.13. The summed E-state index contributed by atoms with van der Waals surface area (Å²) in [6.45, 7) is 6.64. The van der Waals surface area contributed by atoms with Crippen LogP contribution in [0.3, 0.4) is 0 Å². The van der Waals surface area contributed by atoms with Crippen molar-refractivity contribution in [2.45, 2.75) is 31.7 Å². The van der Waals surface area contributed by atoms with Gasteiger partial charge in [-0.1, -0.05) is 17.7 Å². The van der Waals surface area contributed by atoms with Crippen LogP contribution in [0.15, 0.2) is 47.4 Å². The molecule has 1 atom stereocenters. The zero-order valence-corrected chi connectivity index (χ0v) is 18.0. The maximum atomic E-state index is 12.3. The van der Waals surface area contributed by atoms with Crippen LogP contribution in [0, 0.1) is 13.8 Å². The van der Waals surface area contributed by atoms with Crippen LogP contribution in [0.1, 0.15) is 28.4 Å². The molecule has 8 heteroatoms. The van der Waals surface area contributed by atoms with Crippen molar-refractivity contribution < 1.29 is 22.7 Å².